The highest BCUT2D eigenvalue weighted by molar-refractivity contribution is 9.10. The minimum absolute atomic E-state index is 0.202. The quantitative estimate of drug-likeness (QED) is 0.295. The SMILES string of the molecule is COc1cc(CNC(=O)c2cc(Br)ccc2OCCc2ccccc2)ccc1OCCC(C)C. The van der Waals surface area contributed by atoms with Gasteiger partial charge in [-0.15, -0.1) is 0 Å². The van der Waals surface area contributed by atoms with Crippen LogP contribution in [0.1, 0.15) is 41.8 Å². The first kappa shape index (κ1) is 25.6. The first-order valence-corrected chi connectivity index (χ1v) is 12.3. The molecule has 34 heavy (non-hydrogen) atoms. The highest BCUT2D eigenvalue weighted by Crippen LogP contribution is 2.29. The van der Waals surface area contributed by atoms with Crippen LogP contribution in [0.25, 0.3) is 0 Å². The van der Waals surface area contributed by atoms with E-state index < -0.39 is 0 Å². The third-order valence-electron chi connectivity index (χ3n) is 5.31. The first-order chi connectivity index (χ1) is 16.5. The zero-order chi connectivity index (χ0) is 24.3. The molecule has 0 fully saturated rings. The van der Waals surface area contributed by atoms with Gasteiger partial charge in [0, 0.05) is 17.4 Å². The van der Waals surface area contributed by atoms with E-state index in [1.807, 2.05) is 48.5 Å². The van der Waals surface area contributed by atoms with Gasteiger partial charge in [-0.05, 0) is 53.8 Å². The predicted octanol–water partition coefficient (Wildman–Crippen LogP) is 6.43. The van der Waals surface area contributed by atoms with Crippen molar-refractivity contribution in [2.75, 3.05) is 20.3 Å². The molecular weight excluding hydrogens is 494 g/mol. The normalized spacial score (nSPS) is 10.7. The first-order valence-electron chi connectivity index (χ1n) is 11.5. The third-order valence-corrected chi connectivity index (χ3v) is 5.80. The van der Waals surface area contributed by atoms with E-state index in [0.717, 1.165) is 22.9 Å². The summed E-state index contributed by atoms with van der Waals surface area (Å²) in [6.45, 7) is 5.81. The molecule has 0 aliphatic rings. The molecule has 0 aromatic heterocycles. The number of hydrogen-bond acceptors (Lipinski definition) is 4. The molecule has 1 N–H and O–H groups in total. The lowest BCUT2D eigenvalue weighted by Gasteiger charge is -2.14. The summed E-state index contributed by atoms with van der Waals surface area (Å²) < 4.78 is 18.1. The lowest BCUT2D eigenvalue weighted by molar-refractivity contribution is 0.0946. The van der Waals surface area contributed by atoms with Crippen LogP contribution in [0.2, 0.25) is 0 Å². The molecule has 0 aliphatic carbocycles. The van der Waals surface area contributed by atoms with Gasteiger partial charge in [0.25, 0.3) is 5.91 Å². The van der Waals surface area contributed by atoms with Crippen molar-refractivity contribution in [1.29, 1.82) is 0 Å². The number of ether oxygens (including phenoxy) is 3. The molecule has 3 aromatic rings. The number of benzene rings is 3. The summed E-state index contributed by atoms with van der Waals surface area (Å²) in [4.78, 5) is 13.0. The van der Waals surface area contributed by atoms with Crippen LogP contribution in [0.4, 0.5) is 0 Å². The molecule has 0 saturated carbocycles. The van der Waals surface area contributed by atoms with E-state index in [9.17, 15) is 4.79 Å². The second kappa shape index (κ2) is 13.0. The minimum Gasteiger partial charge on any atom is -0.493 e. The van der Waals surface area contributed by atoms with Crippen molar-refractivity contribution in [2.24, 2.45) is 5.92 Å². The maximum Gasteiger partial charge on any atom is 0.255 e. The number of methoxy groups -OCH3 is 1. The molecular formula is C28H32BrNO4. The van der Waals surface area contributed by atoms with E-state index in [-0.39, 0.29) is 5.91 Å². The molecule has 6 heteroatoms. The summed E-state index contributed by atoms with van der Waals surface area (Å²) in [5.74, 6) is 2.29. The van der Waals surface area contributed by atoms with Gasteiger partial charge in [-0.25, -0.2) is 0 Å². The average Bonchev–Trinajstić information content (AvgIpc) is 2.84. The number of carbonyl (C=O) groups is 1. The van der Waals surface area contributed by atoms with Gasteiger partial charge < -0.3 is 19.5 Å². The largest absolute Gasteiger partial charge is 0.493 e. The van der Waals surface area contributed by atoms with E-state index >= 15 is 0 Å². The van der Waals surface area contributed by atoms with Crippen molar-refractivity contribution in [3.63, 3.8) is 0 Å². The monoisotopic (exact) mass is 525 g/mol. The van der Waals surface area contributed by atoms with Gasteiger partial charge in [-0.1, -0.05) is 66.2 Å². The van der Waals surface area contributed by atoms with Crippen LogP contribution in [0.15, 0.2) is 71.2 Å². The number of halogens is 1. The van der Waals surface area contributed by atoms with Crippen LogP contribution in [-0.2, 0) is 13.0 Å². The molecule has 0 unspecified atom stereocenters. The zero-order valence-electron chi connectivity index (χ0n) is 20.0. The van der Waals surface area contributed by atoms with E-state index in [2.05, 4.69) is 47.2 Å². The predicted molar refractivity (Wildman–Crippen MR) is 139 cm³/mol. The average molecular weight is 526 g/mol. The summed E-state index contributed by atoms with van der Waals surface area (Å²) in [7, 11) is 1.62. The Bertz CT molecular complexity index is 1070. The van der Waals surface area contributed by atoms with Gasteiger partial charge >= 0.3 is 0 Å². The van der Waals surface area contributed by atoms with Crippen LogP contribution in [-0.4, -0.2) is 26.2 Å². The molecule has 3 rings (SSSR count). The fourth-order valence-electron chi connectivity index (χ4n) is 3.35. The van der Waals surface area contributed by atoms with Gasteiger partial charge in [0.05, 0.1) is 25.9 Å². The van der Waals surface area contributed by atoms with E-state index in [0.29, 0.717) is 48.5 Å². The number of amides is 1. The van der Waals surface area contributed by atoms with Crippen molar-refractivity contribution in [2.45, 2.75) is 33.2 Å². The molecule has 0 heterocycles. The molecule has 0 aliphatic heterocycles. The number of rotatable bonds is 12. The summed E-state index contributed by atoms with van der Waals surface area (Å²) in [6.07, 6.45) is 1.74. The second-order valence-corrected chi connectivity index (χ2v) is 9.34. The van der Waals surface area contributed by atoms with Gasteiger partial charge in [0.2, 0.25) is 0 Å². The summed E-state index contributed by atoms with van der Waals surface area (Å²) in [5, 5.41) is 2.98. The summed E-state index contributed by atoms with van der Waals surface area (Å²) in [5.41, 5.74) is 2.60. The Morgan fingerprint density at radius 1 is 0.882 bits per heavy atom. The van der Waals surface area contributed by atoms with Crippen molar-refractivity contribution >= 4 is 21.8 Å². The van der Waals surface area contributed by atoms with Crippen LogP contribution in [0.5, 0.6) is 17.2 Å². The lowest BCUT2D eigenvalue weighted by atomic mass is 10.1. The van der Waals surface area contributed by atoms with Crippen LogP contribution in [0.3, 0.4) is 0 Å². The van der Waals surface area contributed by atoms with Crippen molar-refractivity contribution in [1.82, 2.24) is 5.32 Å². The summed E-state index contributed by atoms with van der Waals surface area (Å²) >= 11 is 3.46. The molecule has 0 radical (unpaired) electrons. The smallest absolute Gasteiger partial charge is 0.255 e. The third kappa shape index (κ3) is 7.80. The number of hydrogen-bond donors (Lipinski definition) is 1. The molecule has 0 atom stereocenters. The minimum atomic E-state index is -0.202. The van der Waals surface area contributed by atoms with Gasteiger partial charge in [-0.2, -0.15) is 0 Å². The molecule has 5 nitrogen and oxygen atoms in total. The van der Waals surface area contributed by atoms with Gasteiger partial charge in [-0.3, -0.25) is 4.79 Å². The molecule has 0 spiro atoms. The van der Waals surface area contributed by atoms with Crippen LogP contribution in [0, 0.1) is 5.92 Å². The Morgan fingerprint density at radius 2 is 1.62 bits per heavy atom. The zero-order valence-corrected chi connectivity index (χ0v) is 21.6. The van der Waals surface area contributed by atoms with Gasteiger partial charge in [0.15, 0.2) is 11.5 Å². The molecule has 1 amide bonds. The number of carbonyl (C=O) groups excluding carboxylic acids is 1. The Kier molecular flexibility index (Phi) is 9.83. The topological polar surface area (TPSA) is 56.8 Å². The van der Waals surface area contributed by atoms with Crippen LogP contribution >= 0.6 is 15.9 Å². The molecule has 180 valence electrons. The van der Waals surface area contributed by atoms with E-state index in [1.165, 1.54) is 5.56 Å². The molecule has 0 saturated heterocycles. The fourth-order valence-corrected chi connectivity index (χ4v) is 3.71. The maximum absolute atomic E-state index is 13.0. The molecule has 3 aromatic carbocycles. The Morgan fingerprint density at radius 3 is 2.35 bits per heavy atom. The second-order valence-electron chi connectivity index (χ2n) is 8.42. The van der Waals surface area contributed by atoms with E-state index in [4.69, 9.17) is 14.2 Å². The Hall–Kier alpha value is -2.99. The highest BCUT2D eigenvalue weighted by atomic mass is 79.9. The maximum atomic E-state index is 13.0. The van der Waals surface area contributed by atoms with Crippen molar-refractivity contribution in [3.05, 3.63) is 87.9 Å². The number of nitrogens with one attached hydrogen (secondary N) is 1. The fraction of sp³-hybridized carbons (Fsp3) is 0.321. The van der Waals surface area contributed by atoms with Crippen LogP contribution < -0.4 is 19.5 Å². The standard InChI is InChI=1S/C28H32BrNO4/c1-20(2)13-15-34-26-11-9-22(17-27(26)32-3)19-30-28(31)24-18-23(29)10-12-25(24)33-16-14-21-7-5-4-6-8-21/h4-12,17-18,20H,13-16,19H2,1-3H3,(H,30,31). The molecule has 0 bridgehead atoms. The highest BCUT2D eigenvalue weighted by Gasteiger charge is 2.14. The lowest BCUT2D eigenvalue weighted by Crippen LogP contribution is -2.23. The summed E-state index contributed by atoms with van der Waals surface area (Å²) in [6, 6.07) is 21.3. The Labute approximate surface area is 210 Å². The van der Waals surface area contributed by atoms with Crippen molar-refractivity contribution in [3.8, 4) is 17.2 Å². The Balaban J connectivity index is 1.61. The van der Waals surface area contributed by atoms with E-state index in [1.54, 1.807) is 13.2 Å². The van der Waals surface area contributed by atoms with Crippen molar-refractivity contribution < 1.29 is 19.0 Å². The van der Waals surface area contributed by atoms with Gasteiger partial charge in [0.1, 0.15) is 5.75 Å².